The SMILES string of the molecule is CC(C)[C@H](NC(=O)[C@@H]1C[C@@H](N=[N+]=[N-])CN1C(=O)OC(C)(C)C)B1O[C@@H]2C[C@@H]3C[C@@H](C3(C)C)[C@]2(C)O1. The van der Waals surface area contributed by atoms with Crippen LogP contribution in [0.4, 0.5) is 4.79 Å². The zero-order valence-electron chi connectivity index (χ0n) is 22.3. The van der Waals surface area contributed by atoms with E-state index in [9.17, 15) is 9.59 Å². The van der Waals surface area contributed by atoms with Crippen LogP contribution in [-0.2, 0) is 18.8 Å². The Morgan fingerprint density at radius 2 is 1.91 bits per heavy atom. The van der Waals surface area contributed by atoms with Crippen LogP contribution in [-0.4, -0.2) is 65.9 Å². The third kappa shape index (κ3) is 4.63. The monoisotopic (exact) mass is 489 g/mol. The van der Waals surface area contributed by atoms with Crippen molar-refractivity contribution in [2.75, 3.05) is 6.54 Å². The predicted molar refractivity (Wildman–Crippen MR) is 131 cm³/mol. The van der Waals surface area contributed by atoms with Crippen molar-refractivity contribution in [2.45, 2.75) is 110 Å². The first-order valence-corrected chi connectivity index (χ1v) is 12.8. The second kappa shape index (κ2) is 8.85. The van der Waals surface area contributed by atoms with Crippen LogP contribution in [0, 0.1) is 23.2 Å². The minimum absolute atomic E-state index is 0.0153. The van der Waals surface area contributed by atoms with Gasteiger partial charge in [0.15, 0.2) is 0 Å². The molecule has 10 nitrogen and oxygen atoms in total. The topological polar surface area (TPSA) is 126 Å². The zero-order chi connectivity index (χ0) is 25.9. The number of ether oxygens (including phenoxy) is 1. The molecule has 2 heterocycles. The minimum Gasteiger partial charge on any atom is -0.444 e. The molecule has 0 radical (unpaired) electrons. The van der Waals surface area contributed by atoms with Gasteiger partial charge in [-0.15, -0.1) is 0 Å². The number of hydrogen-bond donors (Lipinski definition) is 1. The van der Waals surface area contributed by atoms with Gasteiger partial charge in [-0.3, -0.25) is 9.69 Å². The second-order valence-corrected chi connectivity index (χ2v) is 12.9. The molecule has 2 amide bonds. The summed E-state index contributed by atoms with van der Waals surface area (Å²) in [5.41, 5.74) is 8.05. The van der Waals surface area contributed by atoms with E-state index < -0.39 is 30.9 Å². The molecule has 194 valence electrons. The number of carbonyl (C=O) groups excluding carboxylic acids is 2. The Hall–Kier alpha value is -1.97. The van der Waals surface area contributed by atoms with Crippen molar-refractivity contribution in [3.63, 3.8) is 0 Å². The van der Waals surface area contributed by atoms with E-state index in [2.05, 4.69) is 36.1 Å². The van der Waals surface area contributed by atoms with Crippen LogP contribution in [0.15, 0.2) is 5.11 Å². The molecule has 3 aliphatic carbocycles. The highest BCUT2D eigenvalue weighted by molar-refractivity contribution is 6.48. The van der Waals surface area contributed by atoms with Crippen LogP contribution in [0.3, 0.4) is 0 Å². The van der Waals surface area contributed by atoms with Gasteiger partial charge in [0.05, 0.1) is 23.7 Å². The predicted octanol–water partition coefficient (Wildman–Crippen LogP) is 4.08. The third-order valence-corrected chi connectivity index (χ3v) is 8.71. The fraction of sp³-hybridized carbons (Fsp3) is 0.917. The maximum atomic E-state index is 13.5. The van der Waals surface area contributed by atoms with Crippen LogP contribution in [0.5, 0.6) is 0 Å². The van der Waals surface area contributed by atoms with Crippen molar-refractivity contribution in [2.24, 2.45) is 28.3 Å². The zero-order valence-corrected chi connectivity index (χ0v) is 22.3. The van der Waals surface area contributed by atoms with Crippen molar-refractivity contribution in [3.05, 3.63) is 10.4 Å². The Labute approximate surface area is 208 Å². The fourth-order valence-corrected chi connectivity index (χ4v) is 6.60. The Bertz CT molecular complexity index is 916. The summed E-state index contributed by atoms with van der Waals surface area (Å²) in [5.74, 6) is 0.402. The average molecular weight is 489 g/mol. The van der Waals surface area contributed by atoms with Crippen LogP contribution in [0.25, 0.3) is 10.4 Å². The molecule has 0 spiro atoms. The lowest BCUT2D eigenvalue weighted by Gasteiger charge is -2.64. The van der Waals surface area contributed by atoms with Gasteiger partial charge in [-0.25, -0.2) is 4.79 Å². The van der Waals surface area contributed by atoms with Crippen molar-refractivity contribution < 1.29 is 23.6 Å². The summed E-state index contributed by atoms with van der Waals surface area (Å²) in [7, 11) is -0.562. The molecule has 1 N–H and O–H groups in total. The normalized spacial score (nSPS) is 36.2. The van der Waals surface area contributed by atoms with E-state index in [-0.39, 0.29) is 47.9 Å². The van der Waals surface area contributed by atoms with E-state index in [1.165, 1.54) is 4.90 Å². The van der Waals surface area contributed by atoms with Gasteiger partial charge in [0.1, 0.15) is 11.6 Å². The first kappa shape index (κ1) is 26.1. The van der Waals surface area contributed by atoms with E-state index in [1.54, 1.807) is 20.8 Å². The molecule has 0 unspecified atom stereocenters. The minimum atomic E-state index is -0.799. The number of hydrogen-bond acceptors (Lipinski definition) is 6. The lowest BCUT2D eigenvalue weighted by Crippen LogP contribution is -2.65. The summed E-state index contributed by atoms with van der Waals surface area (Å²) in [5, 5.41) is 6.88. The molecular formula is C24H40BN5O5. The second-order valence-electron chi connectivity index (χ2n) is 12.9. The molecule has 5 aliphatic rings. The van der Waals surface area contributed by atoms with E-state index in [1.807, 2.05) is 13.8 Å². The smallest absolute Gasteiger partial charge is 0.444 e. The number of amides is 2. The number of likely N-dealkylation sites (tertiary alicyclic amines) is 1. The number of azide groups is 1. The molecule has 5 rings (SSSR count). The van der Waals surface area contributed by atoms with Crippen molar-refractivity contribution in [3.8, 4) is 0 Å². The summed E-state index contributed by atoms with van der Waals surface area (Å²) >= 11 is 0. The molecule has 0 aromatic heterocycles. The highest BCUT2D eigenvalue weighted by atomic mass is 16.7. The Kier molecular flexibility index (Phi) is 6.60. The first-order chi connectivity index (χ1) is 16.2. The Balaban J connectivity index is 1.49. The average Bonchev–Trinajstić information content (AvgIpc) is 3.31. The number of rotatable bonds is 5. The molecule has 5 fully saturated rings. The quantitative estimate of drug-likeness (QED) is 0.270. The van der Waals surface area contributed by atoms with E-state index in [0.29, 0.717) is 11.8 Å². The van der Waals surface area contributed by atoms with E-state index in [0.717, 1.165) is 12.8 Å². The van der Waals surface area contributed by atoms with Gasteiger partial charge in [0, 0.05) is 11.5 Å². The number of nitrogens with zero attached hydrogens (tertiary/aromatic N) is 4. The van der Waals surface area contributed by atoms with E-state index in [4.69, 9.17) is 19.6 Å². The fourth-order valence-electron chi connectivity index (χ4n) is 6.60. The van der Waals surface area contributed by atoms with Gasteiger partial charge in [-0.05, 0) is 75.7 Å². The maximum Gasteiger partial charge on any atom is 0.481 e. The van der Waals surface area contributed by atoms with Crippen LogP contribution in [0.1, 0.15) is 74.7 Å². The Morgan fingerprint density at radius 1 is 1.23 bits per heavy atom. The van der Waals surface area contributed by atoms with Crippen molar-refractivity contribution >= 4 is 19.1 Å². The largest absolute Gasteiger partial charge is 0.481 e. The molecule has 2 bridgehead atoms. The molecule has 2 aliphatic heterocycles. The molecule has 2 saturated heterocycles. The van der Waals surface area contributed by atoms with Gasteiger partial charge >= 0.3 is 13.2 Å². The highest BCUT2D eigenvalue weighted by Crippen LogP contribution is 2.65. The van der Waals surface area contributed by atoms with Gasteiger partial charge in [0.2, 0.25) is 5.91 Å². The summed E-state index contributed by atoms with van der Waals surface area (Å²) in [6.45, 7) is 16.3. The van der Waals surface area contributed by atoms with E-state index >= 15 is 0 Å². The molecule has 11 heteroatoms. The van der Waals surface area contributed by atoms with Gasteiger partial charge < -0.3 is 19.4 Å². The summed E-state index contributed by atoms with van der Waals surface area (Å²) in [4.78, 5) is 30.6. The molecule has 0 aromatic carbocycles. The lowest BCUT2D eigenvalue weighted by atomic mass is 9.43. The van der Waals surface area contributed by atoms with Gasteiger partial charge in [-0.2, -0.15) is 0 Å². The van der Waals surface area contributed by atoms with Crippen molar-refractivity contribution in [1.82, 2.24) is 10.2 Å². The molecular weight excluding hydrogens is 449 g/mol. The summed E-state index contributed by atoms with van der Waals surface area (Å²) in [6, 6.07) is -1.29. The Morgan fingerprint density at radius 3 is 2.49 bits per heavy atom. The van der Waals surface area contributed by atoms with Crippen LogP contribution in [0.2, 0.25) is 0 Å². The van der Waals surface area contributed by atoms with Crippen molar-refractivity contribution in [1.29, 1.82) is 0 Å². The highest BCUT2D eigenvalue weighted by Gasteiger charge is 2.68. The number of carbonyl (C=O) groups is 2. The molecule has 0 aromatic rings. The third-order valence-electron chi connectivity index (χ3n) is 8.71. The molecule has 35 heavy (non-hydrogen) atoms. The standard InChI is InChI=1S/C24H40BN5O5/c1-13(2)19(25-34-18-10-14-9-17(23(14,6)7)24(18,8)35-25)27-20(31)16-11-15(28-29-26)12-30(16)21(32)33-22(3,4)5/h13-19H,9-12H2,1-8H3,(H,27,31)/t14-,15+,16-,17-,18+,19-,24-/m0/s1. The first-order valence-electron chi connectivity index (χ1n) is 12.8. The summed E-state index contributed by atoms with van der Waals surface area (Å²) in [6.07, 6.45) is 1.79. The van der Waals surface area contributed by atoms with Crippen LogP contribution < -0.4 is 5.32 Å². The molecule has 3 saturated carbocycles. The maximum absolute atomic E-state index is 13.5. The van der Waals surface area contributed by atoms with Crippen LogP contribution >= 0.6 is 0 Å². The summed E-state index contributed by atoms with van der Waals surface area (Å²) < 4.78 is 18.6. The van der Waals surface area contributed by atoms with Gasteiger partial charge in [0.25, 0.3) is 0 Å². The molecule has 7 atom stereocenters. The number of nitrogens with one attached hydrogen (secondary N) is 1. The lowest BCUT2D eigenvalue weighted by molar-refractivity contribution is -0.199. The van der Waals surface area contributed by atoms with Gasteiger partial charge in [-0.1, -0.05) is 32.8 Å².